The summed E-state index contributed by atoms with van der Waals surface area (Å²) in [6.45, 7) is 2.87. The minimum atomic E-state index is -0.0596. The standard InChI is InChI=1S/C17H20ClN3O2/c1-12(22)20-10-7-14(8-11-20)17(23)21-16(6-9-19-21)13-2-4-15(18)5-3-13/h2-5,9,14,16H,6-8,10-11H2,1H3. The van der Waals surface area contributed by atoms with E-state index < -0.39 is 0 Å². The normalized spacial score (nSPS) is 21.7. The number of hydrogen-bond donors (Lipinski definition) is 0. The summed E-state index contributed by atoms with van der Waals surface area (Å²) in [6, 6.07) is 7.51. The van der Waals surface area contributed by atoms with Crippen LogP contribution in [-0.2, 0) is 9.59 Å². The monoisotopic (exact) mass is 333 g/mol. The minimum absolute atomic E-state index is 0.0504. The Bertz CT molecular complexity index is 621. The van der Waals surface area contributed by atoms with Crippen LogP contribution in [0.3, 0.4) is 0 Å². The lowest BCUT2D eigenvalue weighted by atomic mass is 9.94. The van der Waals surface area contributed by atoms with E-state index in [2.05, 4.69) is 5.10 Å². The number of halogens is 1. The Morgan fingerprint density at radius 1 is 1.17 bits per heavy atom. The quantitative estimate of drug-likeness (QED) is 0.835. The predicted octanol–water partition coefficient (Wildman–Crippen LogP) is 2.86. The van der Waals surface area contributed by atoms with Crippen LogP contribution in [0.25, 0.3) is 0 Å². The molecule has 1 atom stereocenters. The number of likely N-dealkylation sites (tertiary alicyclic amines) is 1. The van der Waals surface area contributed by atoms with Crippen LogP contribution in [-0.4, -0.2) is 41.0 Å². The molecule has 0 aliphatic carbocycles. The fourth-order valence-corrected chi connectivity index (χ4v) is 3.34. The van der Waals surface area contributed by atoms with Gasteiger partial charge in [-0.15, -0.1) is 0 Å². The number of nitrogens with zero attached hydrogens (tertiary/aromatic N) is 3. The number of hydrazone groups is 1. The average Bonchev–Trinajstić information content (AvgIpc) is 3.04. The molecule has 0 N–H and O–H groups in total. The summed E-state index contributed by atoms with van der Waals surface area (Å²) in [7, 11) is 0. The third kappa shape index (κ3) is 3.39. The lowest BCUT2D eigenvalue weighted by Gasteiger charge is -2.33. The van der Waals surface area contributed by atoms with Crippen molar-refractivity contribution >= 4 is 29.6 Å². The summed E-state index contributed by atoms with van der Waals surface area (Å²) in [4.78, 5) is 26.0. The Hall–Kier alpha value is -1.88. The number of amides is 2. The largest absolute Gasteiger partial charge is 0.343 e. The lowest BCUT2D eigenvalue weighted by molar-refractivity contribution is -0.141. The maximum absolute atomic E-state index is 12.8. The molecule has 6 heteroatoms. The SMILES string of the molecule is CC(=O)N1CCC(C(=O)N2N=CCC2c2ccc(Cl)cc2)CC1. The van der Waals surface area contributed by atoms with E-state index in [9.17, 15) is 9.59 Å². The van der Waals surface area contributed by atoms with E-state index in [-0.39, 0.29) is 23.8 Å². The molecule has 0 aromatic heterocycles. The first-order chi connectivity index (χ1) is 11.1. The zero-order valence-corrected chi connectivity index (χ0v) is 13.9. The van der Waals surface area contributed by atoms with Crippen LogP contribution in [0.1, 0.15) is 37.8 Å². The first kappa shape index (κ1) is 16.0. The van der Waals surface area contributed by atoms with E-state index in [1.165, 1.54) is 0 Å². The second-order valence-corrected chi connectivity index (χ2v) is 6.50. The second kappa shape index (κ2) is 6.71. The molecular weight excluding hydrogens is 314 g/mol. The van der Waals surface area contributed by atoms with Crippen molar-refractivity contribution in [3.63, 3.8) is 0 Å². The molecule has 2 heterocycles. The molecule has 0 spiro atoms. The number of carbonyl (C=O) groups excluding carboxylic acids is 2. The Kier molecular flexibility index (Phi) is 4.66. The Morgan fingerprint density at radius 3 is 2.43 bits per heavy atom. The Balaban J connectivity index is 1.68. The van der Waals surface area contributed by atoms with Crippen LogP contribution in [0, 0.1) is 5.92 Å². The summed E-state index contributed by atoms with van der Waals surface area (Å²) < 4.78 is 0. The second-order valence-electron chi connectivity index (χ2n) is 6.06. The molecule has 23 heavy (non-hydrogen) atoms. The van der Waals surface area contributed by atoms with Gasteiger partial charge in [0.05, 0.1) is 6.04 Å². The van der Waals surface area contributed by atoms with Crippen molar-refractivity contribution in [3.05, 3.63) is 34.9 Å². The number of benzene rings is 1. The molecule has 0 radical (unpaired) electrons. The molecule has 2 aliphatic heterocycles. The molecule has 1 aromatic rings. The van der Waals surface area contributed by atoms with Gasteiger partial charge in [0.25, 0.3) is 0 Å². The van der Waals surface area contributed by atoms with Crippen LogP contribution in [0.4, 0.5) is 0 Å². The highest BCUT2D eigenvalue weighted by Gasteiger charge is 2.34. The fourth-order valence-electron chi connectivity index (χ4n) is 3.22. The van der Waals surface area contributed by atoms with E-state index in [0.29, 0.717) is 31.0 Å². The van der Waals surface area contributed by atoms with Crippen LogP contribution < -0.4 is 0 Å². The van der Waals surface area contributed by atoms with Crippen LogP contribution in [0.15, 0.2) is 29.4 Å². The molecule has 2 amide bonds. The lowest BCUT2D eigenvalue weighted by Crippen LogP contribution is -2.42. The first-order valence-corrected chi connectivity index (χ1v) is 8.30. The molecule has 3 rings (SSSR count). The fraction of sp³-hybridized carbons (Fsp3) is 0.471. The maximum atomic E-state index is 12.8. The average molecular weight is 334 g/mol. The van der Waals surface area contributed by atoms with Crippen LogP contribution in [0.2, 0.25) is 5.02 Å². The summed E-state index contributed by atoms with van der Waals surface area (Å²) >= 11 is 5.93. The Morgan fingerprint density at radius 2 is 1.83 bits per heavy atom. The Labute approximate surface area is 140 Å². The molecule has 122 valence electrons. The van der Waals surface area contributed by atoms with Gasteiger partial charge in [-0.2, -0.15) is 5.10 Å². The van der Waals surface area contributed by atoms with Gasteiger partial charge in [0, 0.05) is 43.6 Å². The van der Waals surface area contributed by atoms with E-state index in [1.807, 2.05) is 24.3 Å². The summed E-state index contributed by atoms with van der Waals surface area (Å²) in [6.07, 6.45) is 3.93. The van der Waals surface area contributed by atoms with Crippen LogP contribution >= 0.6 is 11.6 Å². The molecule has 1 fully saturated rings. The third-order valence-corrected chi connectivity index (χ3v) is 4.85. The van der Waals surface area contributed by atoms with Gasteiger partial charge in [0.2, 0.25) is 11.8 Å². The molecule has 1 unspecified atom stereocenters. The zero-order chi connectivity index (χ0) is 16.4. The van der Waals surface area contributed by atoms with E-state index in [1.54, 1.807) is 23.0 Å². The van der Waals surface area contributed by atoms with Crippen molar-refractivity contribution in [2.24, 2.45) is 11.0 Å². The maximum Gasteiger partial charge on any atom is 0.246 e. The summed E-state index contributed by atoms with van der Waals surface area (Å²) in [5.74, 6) is 0.0756. The number of hydrogen-bond acceptors (Lipinski definition) is 3. The van der Waals surface area contributed by atoms with E-state index in [0.717, 1.165) is 12.0 Å². The minimum Gasteiger partial charge on any atom is -0.343 e. The van der Waals surface area contributed by atoms with E-state index in [4.69, 9.17) is 11.6 Å². The van der Waals surface area contributed by atoms with Crippen molar-refractivity contribution < 1.29 is 9.59 Å². The van der Waals surface area contributed by atoms with Gasteiger partial charge in [-0.05, 0) is 30.5 Å². The molecular formula is C17H20ClN3O2. The predicted molar refractivity (Wildman–Crippen MR) is 89.1 cm³/mol. The first-order valence-electron chi connectivity index (χ1n) is 7.93. The van der Waals surface area contributed by atoms with Gasteiger partial charge in [0.1, 0.15) is 0 Å². The molecule has 0 saturated carbocycles. The molecule has 5 nitrogen and oxygen atoms in total. The van der Waals surface area contributed by atoms with E-state index >= 15 is 0 Å². The smallest absolute Gasteiger partial charge is 0.246 e. The molecule has 1 saturated heterocycles. The van der Waals surface area contributed by atoms with Crippen molar-refractivity contribution in [3.8, 4) is 0 Å². The highest BCUT2D eigenvalue weighted by Crippen LogP contribution is 2.32. The topological polar surface area (TPSA) is 53.0 Å². The highest BCUT2D eigenvalue weighted by atomic mass is 35.5. The van der Waals surface area contributed by atoms with Gasteiger partial charge in [-0.1, -0.05) is 23.7 Å². The van der Waals surface area contributed by atoms with Gasteiger partial charge < -0.3 is 4.90 Å². The van der Waals surface area contributed by atoms with Gasteiger partial charge in [0.15, 0.2) is 0 Å². The van der Waals surface area contributed by atoms with Crippen molar-refractivity contribution in [1.82, 2.24) is 9.91 Å². The third-order valence-electron chi connectivity index (χ3n) is 4.60. The van der Waals surface area contributed by atoms with Crippen LogP contribution in [0.5, 0.6) is 0 Å². The van der Waals surface area contributed by atoms with Crippen molar-refractivity contribution in [2.75, 3.05) is 13.1 Å². The van der Waals surface area contributed by atoms with Gasteiger partial charge in [-0.25, -0.2) is 5.01 Å². The number of rotatable bonds is 2. The number of carbonyl (C=O) groups is 2. The van der Waals surface area contributed by atoms with Crippen molar-refractivity contribution in [1.29, 1.82) is 0 Å². The number of piperidine rings is 1. The van der Waals surface area contributed by atoms with Gasteiger partial charge >= 0.3 is 0 Å². The van der Waals surface area contributed by atoms with Gasteiger partial charge in [-0.3, -0.25) is 9.59 Å². The zero-order valence-electron chi connectivity index (χ0n) is 13.1. The molecule has 0 bridgehead atoms. The summed E-state index contributed by atoms with van der Waals surface area (Å²) in [5.41, 5.74) is 1.04. The molecule has 1 aromatic carbocycles. The highest BCUT2D eigenvalue weighted by molar-refractivity contribution is 6.30. The van der Waals surface area contributed by atoms with Crippen molar-refractivity contribution in [2.45, 2.75) is 32.2 Å². The molecule has 2 aliphatic rings. The summed E-state index contributed by atoms with van der Waals surface area (Å²) in [5, 5.41) is 6.58.